The Morgan fingerprint density at radius 3 is 2.46 bits per heavy atom. The fraction of sp³-hybridized carbons (Fsp3) is 0.158. The molecule has 1 aliphatic heterocycles. The Labute approximate surface area is 156 Å². The molecule has 7 heteroatoms. The van der Waals surface area contributed by atoms with Gasteiger partial charge in [0.15, 0.2) is 11.5 Å². The zero-order valence-electron chi connectivity index (χ0n) is 14.3. The van der Waals surface area contributed by atoms with Gasteiger partial charge < -0.3 is 14.8 Å². The van der Waals surface area contributed by atoms with Gasteiger partial charge in [0.25, 0.3) is 5.91 Å². The molecular formula is C19H17ClN2O4. The number of benzene rings is 2. The smallest absolute Gasteiger partial charge is 0.328 e. The lowest BCUT2D eigenvalue weighted by molar-refractivity contribution is -0.121. The Morgan fingerprint density at radius 2 is 1.85 bits per heavy atom. The number of nitrogens with one attached hydrogen (secondary N) is 1. The van der Waals surface area contributed by atoms with E-state index in [0.717, 1.165) is 10.5 Å². The highest BCUT2D eigenvalue weighted by Crippen LogP contribution is 2.30. The van der Waals surface area contributed by atoms with Gasteiger partial charge in [-0.05, 0) is 41.5 Å². The summed E-state index contributed by atoms with van der Waals surface area (Å²) in [5.41, 5.74) is 1.90. The van der Waals surface area contributed by atoms with Crippen LogP contribution in [0.5, 0.6) is 11.5 Å². The predicted molar refractivity (Wildman–Crippen MR) is 98.1 cm³/mol. The van der Waals surface area contributed by atoms with Gasteiger partial charge in [0.1, 0.15) is 12.3 Å². The summed E-state index contributed by atoms with van der Waals surface area (Å²) in [6, 6.07) is 12.2. The molecule has 1 heterocycles. The van der Waals surface area contributed by atoms with E-state index in [1.807, 2.05) is 12.1 Å². The van der Waals surface area contributed by atoms with Crippen LogP contribution in [-0.2, 0) is 11.4 Å². The summed E-state index contributed by atoms with van der Waals surface area (Å²) in [5, 5.41) is 3.19. The van der Waals surface area contributed by atoms with Crippen molar-refractivity contribution in [1.82, 2.24) is 10.2 Å². The van der Waals surface area contributed by atoms with Crippen molar-refractivity contribution < 1.29 is 19.1 Å². The SMILES string of the molecule is COc1cc(/C=C2/NC(=O)N(C)C2=O)ccc1OCc1ccc(Cl)cc1. The zero-order valence-corrected chi connectivity index (χ0v) is 15.0. The minimum atomic E-state index is -0.448. The number of ether oxygens (including phenoxy) is 2. The Bertz CT molecular complexity index is 878. The van der Waals surface area contributed by atoms with Crippen LogP contribution in [0.1, 0.15) is 11.1 Å². The number of amides is 3. The van der Waals surface area contributed by atoms with Crippen LogP contribution >= 0.6 is 11.6 Å². The fourth-order valence-electron chi connectivity index (χ4n) is 2.42. The van der Waals surface area contributed by atoms with Gasteiger partial charge in [0.2, 0.25) is 0 Å². The van der Waals surface area contributed by atoms with Crippen molar-refractivity contribution in [3.63, 3.8) is 0 Å². The second-order valence-electron chi connectivity index (χ2n) is 5.68. The number of urea groups is 1. The molecule has 1 saturated heterocycles. The highest BCUT2D eigenvalue weighted by atomic mass is 35.5. The monoisotopic (exact) mass is 372 g/mol. The summed E-state index contributed by atoms with van der Waals surface area (Å²) in [6.45, 7) is 0.368. The minimum absolute atomic E-state index is 0.217. The lowest BCUT2D eigenvalue weighted by Gasteiger charge is -2.11. The largest absolute Gasteiger partial charge is 0.493 e. The van der Waals surface area contributed by atoms with E-state index in [1.165, 1.54) is 14.2 Å². The first kappa shape index (κ1) is 17.8. The third-order valence-electron chi connectivity index (χ3n) is 3.89. The lowest BCUT2D eigenvalue weighted by Crippen LogP contribution is -2.25. The van der Waals surface area contributed by atoms with Gasteiger partial charge in [0.05, 0.1) is 7.11 Å². The molecule has 2 aromatic rings. The molecule has 0 spiro atoms. The second kappa shape index (κ2) is 7.49. The van der Waals surface area contributed by atoms with E-state index in [0.29, 0.717) is 28.7 Å². The molecule has 2 aromatic carbocycles. The molecule has 26 heavy (non-hydrogen) atoms. The van der Waals surface area contributed by atoms with Crippen molar-refractivity contribution >= 4 is 29.6 Å². The Kier molecular flexibility index (Phi) is 5.14. The third kappa shape index (κ3) is 3.81. The van der Waals surface area contributed by atoms with Gasteiger partial charge in [-0.1, -0.05) is 29.8 Å². The van der Waals surface area contributed by atoms with Gasteiger partial charge in [0, 0.05) is 12.1 Å². The molecule has 1 aliphatic rings. The van der Waals surface area contributed by atoms with Gasteiger partial charge in [-0.15, -0.1) is 0 Å². The van der Waals surface area contributed by atoms with E-state index in [4.69, 9.17) is 21.1 Å². The van der Waals surface area contributed by atoms with Crippen LogP contribution in [0, 0.1) is 0 Å². The van der Waals surface area contributed by atoms with Crippen molar-refractivity contribution in [2.45, 2.75) is 6.61 Å². The molecular weight excluding hydrogens is 356 g/mol. The molecule has 0 bridgehead atoms. The van der Waals surface area contributed by atoms with Crippen molar-refractivity contribution in [2.75, 3.05) is 14.2 Å². The standard InChI is InChI=1S/C19H17ClN2O4/c1-22-18(23)15(21-19(22)24)9-13-5-8-16(17(10-13)25-2)26-11-12-3-6-14(20)7-4-12/h3-10H,11H2,1-2H3,(H,21,24)/b15-9+. The van der Waals surface area contributed by atoms with Crippen molar-refractivity contribution in [2.24, 2.45) is 0 Å². The van der Waals surface area contributed by atoms with E-state index >= 15 is 0 Å². The lowest BCUT2D eigenvalue weighted by atomic mass is 10.1. The zero-order chi connectivity index (χ0) is 18.7. The Morgan fingerprint density at radius 1 is 1.12 bits per heavy atom. The predicted octanol–water partition coefficient (Wildman–Crippen LogP) is 3.45. The number of hydrogen-bond donors (Lipinski definition) is 1. The van der Waals surface area contributed by atoms with E-state index in [2.05, 4.69) is 5.32 Å². The van der Waals surface area contributed by atoms with E-state index in [-0.39, 0.29) is 11.6 Å². The molecule has 1 N–H and O–H groups in total. The first-order valence-corrected chi connectivity index (χ1v) is 8.22. The number of rotatable bonds is 5. The van der Waals surface area contributed by atoms with Crippen LogP contribution in [0.2, 0.25) is 5.02 Å². The van der Waals surface area contributed by atoms with Gasteiger partial charge in [-0.3, -0.25) is 9.69 Å². The van der Waals surface area contributed by atoms with Crippen LogP contribution in [0.4, 0.5) is 4.79 Å². The highest BCUT2D eigenvalue weighted by Gasteiger charge is 2.29. The highest BCUT2D eigenvalue weighted by molar-refractivity contribution is 6.30. The number of halogens is 1. The summed E-state index contributed by atoms with van der Waals surface area (Å²) >= 11 is 5.87. The molecule has 0 atom stereocenters. The van der Waals surface area contributed by atoms with Crippen molar-refractivity contribution in [3.8, 4) is 11.5 Å². The first-order chi connectivity index (χ1) is 12.5. The quantitative estimate of drug-likeness (QED) is 0.644. The van der Waals surface area contributed by atoms with E-state index in [9.17, 15) is 9.59 Å². The van der Waals surface area contributed by atoms with Crippen LogP contribution < -0.4 is 14.8 Å². The van der Waals surface area contributed by atoms with Gasteiger partial charge in [-0.25, -0.2) is 4.79 Å². The number of methoxy groups -OCH3 is 1. The molecule has 0 aliphatic carbocycles. The number of carbonyl (C=O) groups is 2. The average molecular weight is 373 g/mol. The summed E-state index contributed by atoms with van der Waals surface area (Å²) in [6.07, 6.45) is 1.59. The molecule has 1 fully saturated rings. The third-order valence-corrected chi connectivity index (χ3v) is 4.14. The van der Waals surface area contributed by atoms with Crippen LogP contribution in [-0.4, -0.2) is 31.0 Å². The maximum atomic E-state index is 11.9. The summed E-state index contributed by atoms with van der Waals surface area (Å²) < 4.78 is 11.2. The normalized spacial score (nSPS) is 15.3. The second-order valence-corrected chi connectivity index (χ2v) is 6.11. The summed E-state index contributed by atoms with van der Waals surface area (Å²) in [7, 11) is 2.96. The van der Waals surface area contributed by atoms with E-state index < -0.39 is 6.03 Å². The van der Waals surface area contributed by atoms with Crippen molar-refractivity contribution in [3.05, 3.63) is 64.3 Å². The van der Waals surface area contributed by atoms with E-state index in [1.54, 1.807) is 36.4 Å². The molecule has 3 amide bonds. The van der Waals surface area contributed by atoms with Crippen molar-refractivity contribution in [1.29, 1.82) is 0 Å². The first-order valence-electron chi connectivity index (χ1n) is 7.84. The van der Waals surface area contributed by atoms with Gasteiger partial charge in [-0.2, -0.15) is 0 Å². The number of carbonyl (C=O) groups excluding carboxylic acids is 2. The molecule has 0 radical (unpaired) electrons. The average Bonchev–Trinajstić information content (AvgIpc) is 2.88. The molecule has 134 valence electrons. The van der Waals surface area contributed by atoms with Crippen LogP contribution in [0.25, 0.3) is 6.08 Å². The minimum Gasteiger partial charge on any atom is -0.493 e. The number of nitrogens with zero attached hydrogens (tertiary/aromatic N) is 1. The maximum absolute atomic E-state index is 11.9. The molecule has 0 aromatic heterocycles. The van der Waals surface area contributed by atoms with Crippen LogP contribution in [0.3, 0.4) is 0 Å². The molecule has 6 nitrogen and oxygen atoms in total. The fourth-order valence-corrected chi connectivity index (χ4v) is 2.55. The maximum Gasteiger partial charge on any atom is 0.328 e. The Hall–Kier alpha value is -2.99. The molecule has 0 saturated carbocycles. The van der Waals surface area contributed by atoms with Gasteiger partial charge >= 0.3 is 6.03 Å². The summed E-state index contributed by atoms with van der Waals surface area (Å²) in [4.78, 5) is 24.5. The number of hydrogen-bond acceptors (Lipinski definition) is 4. The van der Waals surface area contributed by atoms with Crippen LogP contribution in [0.15, 0.2) is 48.2 Å². The molecule has 0 unspecified atom stereocenters. The topological polar surface area (TPSA) is 67.9 Å². The Balaban J connectivity index is 1.76. The number of imide groups is 1. The summed E-state index contributed by atoms with van der Waals surface area (Å²) in [5.74, 6) is 0.721. The number of likely N-dealkylation sites (N-methyl/N-ethyl adjacent to an activating group) is 1. The molecule has 3 rings (SSSR count).